The van der Waals surface area contributed by atoms with Gasteiger partial charge < -0.3 is 15.2 Å². The number of halogens is 1. The van der Waals surface area contributed by atoms with Gasteiger partial charge in [-0.25, -0.2) is 4.79 Å². The molecule has 1 amide bonds. The van der Waals surface area contributed by atoms with E-state index in [-0.39, 0.29) is 0 Å². The number of methoxy groups -OCH3 is 1. The predicted octanol–water partition coefficient (Wildman–Crippen LogP) is 2.15. The van der Waals surface area contributed by atoms with Gasteiger partial charge in [0.15, 0.2) is 0 Å². The number of amides is 1. The van der Waals surface area contributed by atoms with Crippen molar-refractivity contribution in [1.29, 1.82) is 0 Å². The van der Waals surface area contributed by atoms with Crippen LogP contribution in [0.1, 0.15) is 16.8 Å². The van der Waals surface area contributed by atoms with E-state index < -0.39 is 17.4 Å². The van der Waals surface area contributed by atoms with Crippen LogP contribution in [-0.4, -0.2) is 41.1 Å². The van der Waals surface area contributed by atoms with E-state index in [2.05, 4.69) is 21.2 Å². The third kappa shape index (κ3) is 2.93. The molecule has 0 saturated carbocycles. The van der Waals surface area contributed by atoms with Crippen LogP contribution >= 0.6 is 27.7 Å². The van der Waals surface area contributed by atoms with Gasteiger partial charge in [0.1, 0.15) is 11.3 Å². The number of carbonyl (C=O) groups is 2. The molecule has 1 fully saturated rings. The Bertz CT molecular complexity index is 543. The molecule has 0 aromatic heterocycles. The fraction of sp³-hybridized carbons (Fsp3) is 0.385. The molecule has 0 aliphatic carbocycles. The number of rotatable bonds is 4. The van der Waals surface area contributed by atoms with E-state index in [1.807, 2.05) is 0 Å². The third-order valence-corrected chi connectivity index (χ3v) is 5.01. The van der Waals surface area contributed by atoms with Crippen molar-refractivity contribution in [3.8, 4) is 5.75 Å². The highest BCUT2D eigenvalue weighted by atomic mass is 79.9. The quantitative estimate of drug-likeness (QED) is 0.861. The smallest absolute Gasteiger partial charge is 0.330 e. The zero-order valence-electron chi connectivity index (χ0n) is 10.8. The van der Waals surface area contributed by atoms with Crippen LogP contribution in [0.4, 0.5) is 0 Å². The summed E-state index contributed by atoms with van der Waals surface area (Å²) < 4.78 is 5.75. The summed E-state index contributed by atoms with van der Waals surface area (Å²) in [6.07, 6.45) is 0.441. The molecular weight excluding hydrogens is 346 g/mol. The molecule has 1 aromatic rings. The largest absolute Gasteiger partial charge is 0.496 e. The van der Waals surface area contributed by atoms with Gasteiger partial charge in [-0.15, -0.1) is 0 Å². The molecule has 1 heterocycles. The summed E-state index contributed by atoms with van der Waals surface area (Å²) >= 11 is 4.84. The highest BCUT2D eigenvalue weighted by Gasteiger charge is 2.43. The number of nitrogens with one attached hydrogen (secondary N) is 1. The number of hydrogen-bond donors (Lipinski definition) is 2. The molecule has 1 aliphatic heterocycles. The average Bonchev–Trinajstić information content (AvgIpc) is 2.88. The van der Waals surface area contributed by atoms with E-state index in [4.69, 9.17) is 4.74 Å². The Hall–Kier alpha value is -1.21. The average molecular weight is 360 g/mol. The van der Waals surface area contributed by atoms with Crippen LogP contribution in [0, 0.1) is 0 Å². The molecule has 2 rings (SSSR count). The summed E-state index contributed by atoms with van der Waals surface area (Å²) in [5.41, 5.74) is -0.760. The zero-order chi connectivity index (χ0) is 14.8. The molecule has 0 radical (unpaired) electrons. The summed E-state index contributed by atoms with van der Waals surface area (Å²) in [7, 11) is 1.54. The molecule has 1 atom stereocenters. The van der Waals surface area contributed by atoms with Gasteiger partial charge in [-0.05, 0) is 46.3 Å². The van der Waals surface area contributed by atoms with Crippen molar-refractivity contribution in [3.05, 3.63) is 28.2 Å². The van der Waals surface area contributed by atoms with Gasteiger partial charge in [0, 0.05) is 11.3 Å². The SMILES string of the molecule is COc1ccc(C(=O)NC2(C(=O)O)CCSC2)cc1Br. The first-order chi connectivity index (χ1) is 9.48. The summed E-state index contributed by atoms with van der Waals surface area (Å²) in [5.74, 6) is 0.372. The van der Waals surface area contributed by atoms with Crippen molar-refractivity contribution >= 4 is 39.6 Å². The lowest BCUT2D eigenvalue weighted by molar-refractivity contribution is -0.143. The Morgan fingerprint density at radius 2 is 2.25 bits per heavy atom. The molecule has 0 spiro atoms. The van der Waals surface area contributed by atoms with Crippen molar-refractivity contribution < 1.29 is 19.4 Å². The monoisotopic (exact) mass is 359 g/mol. The van der Waals surface area contributed by atoms with Crippen LogP contribution in [0.3, 0.4) is 0 Å². The summed E-state index contributed by atoms with van der Waals surface area (Å²) in [4.78, 5) is 23.6. The van der Waals surface area contributed by atoms with Gasteiger partial charge in [-0.1, -0.05) is 0 Å². The molecule has 1 saturated heterocycles. The van der Waals surface area contributed by atoms with Gasteiger partial charge in [-0.3, -0.25) is 4.79 Å². The van der Waals surface area contributed by atoms with E-state index in [0.29, 0.717) is 28.0 Å². The van der Waals surface area contributed by atoms with E-state index >= 15 is 0 Å². The zero-order valence-corrected chi connectivity index (χ0v) is 13.2. The maximum absolute atomic E-state index is 12.2. The number of ether oxygens (including phenoxy) is 1. The summed E-state index contributed by atoms with van der Waals surface area (Å²) in [6, 6.07) is 4.89. The fourth-order valence-electron chi connectivity index (χ4n) is 1.98. The van der Waals surface area contributed by atoms with Crippen LogP contribution < -0.4 is 10.1 Å². The number of aliphatic carboxylic acids is 1. The first kappa shape index (κ1) is 15.2. The number of benzene rings is 1. The molecule has 7 heteroatoms. The first-order valence-electron chi connectivity index (χ1n) is 5.96. The molecule has 2 N–H and O–H groups in total. The van der Waals surface area contributed by atoms with Gasteiger partial charge in [0.2, 0.25) is 0 Å². The highest BCUT2D eigenvalue weighted by Crippen LogP contribution is 2.30. The van der Waals surface area contributed by atoms with E-state index in [1.54, 1.807) is 18.2 Å². The predicted molar refractivity (Wildman–Crippen MR) is 80.5 cm³/mol. The lowest BCUT2D eigenvalue weighted by Crippen LogP contribution is -2.54. The minimum absolute atomic E-state index is 0.391. The lowest BCUT2D eigenvalue weighted by Gasteiger charge is -2.24. The summed E-state index contributed by atoms with van der Waals surface area (Å²) in [6.45, 7) is 0. The second kappa shape index (κ2) is 6.05. The van der Waals surface area contributed by atoms with Crippen molar-refractivity contribution in [2.24, 2.45) is 0 Å². The van der Waals surface area contributed by atoms with Crippen LogP contribution in [0.25, 0.3) is 0 Å². The number of carboxylic acids is 1. The van der Waals surface area contributed by atoms with Crippen molar-refractivity contribution in [3.63, 3.8) is 0 Å². The van der Waals surface area contributed by atoms with E-state index in [9.17, 15) is 14.7 Å². The molecular formula is C13H14BrNO4S. The van der Waals surface area contributed by atoms with E-state index in [1.165, 1.54) is 18.9 Å². The minimum atomic E-state index is -1.16. The van der Waals surface area contributed by atoms with Gasteiger partial charge in [0.05, 0.1) is 11.6 Å². The Balaban J connectivity index is 2.19. The van der Waals surface area contributed by atoms with Crippen LogP contribution in [-0.2, 0) is 4.79 Å². The van der Waals surface area contributed by atoms with Crippen LogP contribution in [0.15, 0.2) is 22.7 Å². The molecule has 0 bridgehead atoms. The van der Waals surface area contributed by atoms with Gasteiger partial charge in [0.25, 0.3) is 5.91 Å². The molecule has 5 nitrogen and oxygen atoms in total. The van der Waals surface area contributed by atoms with Crippen LogP contribution in [0.2, 0.25) is 0 Å². The van der Waals surface area contributed by atoms with Crippen molar-refractivity contribution in [2.45, 2.75) is 12.0 Å². The highest BCUT2D eigenvalue weighted by molar-refractivity contribution is 9.10. The van der Waals surface area contributed by atoms with Crippen LogP contribution in [0.5, 0.6) is 5.75 Å². The number of hydrogen-bond acceptors (Lipinski definition) is 4. The number of carboxylic acid groups (broad SMARTS) is 1. The molecule has 20 heavy (non-hydrogen) atoms. The Morgan fingerprint density at radius 3 is 2.75 bits per heavy atom. The van der Waals surface area contributed by atoms with Crippen molar-refractivity contribution in [1.82, 2.24) is 5.32 Å². The van der Waals surface area contributed by atoms with Gasteiger partial charge in [-0.2, -0.15) is 11.8 Å². The second-order valence-electron chi connectivity index (χ2n) is 4.49. The number of thioether (sulfide) groups is 1. The summed E-state index contributed by atoms with van der Waals surface area (Å²) in [5, 5.41) is 12.0. The minimum Gasteiger partial charge on any atom is -0.496 e. The molecule has 1 aliphatic rings. The standard InChI is InChI=1S/C13H14BrNO4S/c1-19-10-3-2-8(6-9(10)14)11(16)15-13(12(17)18)4-5-20-7-13/h2-3,6H,4-5,7H2,1H3,(H,15,16)(H,17,18). The maximum atomic E-state index is 12.2. The first-order valence-corrected chi connectivity index (χ1v) is 7.90. The van der Waals surface area contributed by atoms with Gasteiger partial charge >= 0.3 is 5.97 Å². The lowest BCUT2D eigenvalue weighted by atomic mass is 9.98. The topological polar surface area (TPSA) is 75.6 Å². The normalized spacial score (nSPS) is 21.5. The molecule has 108 valence electrons. The van der Waals surface area contributed by atoms with E-state index in [0.717, 1.165) is 5.75 Å². The Morgan fingerprint density at radius 1 is 1.50 bits per heavy atom. The maximum Gasteiger partial charge on any atom is 0.330 e. The molecule has 1 unspecified atom stereocenters. The second-order valence-corrected chi connectivity index (χ2v) is 6.45. The number of carbonyl (C=O) groups excluding carboxylic acids is 1. The Labute approximate surface area is 129 Å². The molecule has 1 aromatic carbocycles. The Kier molecular flexibility index (Phi) is 4.59. The third-order valence-electron chi connectivity index (χ3n) is 3.20. The fourth-order valence-corrected chi connectivity index (χ4v) is 3.85. The van der Waals surface area contributed by atoms with Crippen molar-refractivity contribution in [2.75, 3.05) is 18.6 Å².